The molecule has 0 saturated carbocycles. The first-order valence-electron chi connectivity index (χ1n) is 5.10. The Bertz CT molecular complexity index is 396. The van der Waals surface area contributed by atoms with Crippen LogP contribution < -0.4 is 5.32 Å². The van der Waals surface area contributed by atoms with E-state index in [-0.39, 0.29) is 24.9 Å². The Hall–Kier alpha value is -0.770. The van der Waals surface area contributed by atoms with Gasteiger partial charge in [0, 0.05) is 22.7 Å². The molecule has 3 rings (SSSR count). The van der Waals surface area contributed by atoms with Gasteiger partial charge in [0.1, 0.15) is 6.10 Å². The maximum Gasteiger partial charge on any atom is 0.101 e. The lowest BCUT2D eigenvalue weighted by Gasteiger charge is -2.23. The molecule has 0 unspecified atom stereocenters. The summed E-state index contributed by atoms with van der Waals surface area (Å²) in [6.07, 6.45) is 0.946. The van der Waals surface area contributed by atoms with Crippen LogP contribution in [0.2, 0.25) is 5.02 Å². The number of halogens is 1. The van der Waals surface area contributed by atoms with Gasteiger partial charge in [-0.2, -0.15) is 0 Å². The van der Waals surface area contributed by atoms with Crippen molar-refractivity contribution in [1.82, 2.24) is 0 Å². The number of anilines is 1. The molecule has 1 aromatic carbocycles. The van der Waals surface area contributed by atoms with Gasteiger partial charge in [0.15, 0.2) is 0 Å². The normalized spacial score (nSPS) is 32.3. The highest BCUT2D eigenvalue weighted by molar-refractivity contribution is 6.30. The van der Waals surface area contributed by atoms with Gasteiger partial charge in [0.25, 0.3) is 0 Å². The molecule has 2 aliphatic heterocycles. The smallest absolute Gasteiger partial charge is 0.101 e. The molecule has 0 aliphatic carbocycles. The first-order chi connectivity index (χ1) is 7.28. The van der Waals surface area contributed by atoms with E-state index in [1.807, 2.05) is 18.2 Å². The van der Waals surface area contributed by atoms with Crippen molar-refractivity contribution < 1.29 is 9.84 Å². The van der Waals surface area contributed by atoms with Crippen molar-refractivity contribution in [3.63, 3.8) is 0 Å². The lowest BCUT2D eigenvalue weighted by Crippen LogP contribution is -2.32. The van der Waals surface area contributed by atoms with Crippen molar-refractivity contribution in [2.24, 2.45) is 0 Å². The molecule has 80 valence electrons. The monoisotopic (exact) mass is 225 g/mol. The zero-order valence-electron chi connectivity index (χ0n) is 8.11. The Morgan fingerprint density at radius 3 is 3.20 bits per heavy atom. The molecule has 1 fully saturated rings. The Morgan fingerprint density at radius 1 is 1.53 bits per heavy atom. The molecule has 0 spiro atoms. The van der Waals surface area contributed by atoms with E-state index in [2.05, 4.69) is 5.32 Å². The summed E-state index contributed by atoms with van der Waals surface area (Å²) in [4.78, 5) is 0. The van der Waals surface area contributed by atoms with Crippen LogP contribution in [0.15, 0.2) is 18.2 Å². The van der Waals surface area contributed by atoms with Crippen LogP contribution in [-0.4, -0.2) is 23.9 Å². The first kappa shape index (κ1) is 9.46. The number of rotatable bonds is 1. The topological polar surface area (TPSA) is 41.5 Å². The number of fused-ring (bicyclic) bond motifs is 4. The van der Waals surface area contributed by atoms with Gasteiger partial charge >= 0.3 is 0 Å². The molecular weight excluding hydrogens is 214 g/mol. The third-order valence-electron chi connectivity index (χ3n) is 3.14. The van der Waals surface area contributed by atoms with Crippen molar-refractivity contribution in [2.75, 3.05) is 11.9 Å². The third-order valence-corrected chi connectivity index (χ3v) is 3.37. The molecule has 2 heterocycles. The second kappa shape index (κ2) is 3.37. The summed E-state index contributed by atoms with van der Waals surface area (Å²) < 4.78 is 5.75. The Balaban J connectivity index is 2.00. The largest absolute Gasteiger partial charge is 0.394 e. The predicted molar refractivity (Wildman–Crippen MR) is 58.2 cm³/mol. The van der Waals surface area contributed by atoms with Crippen molar-refractivity contribution in [2.45, 2.75) is 24.7 Å². The van der Waals surface area contributed by atoms with Crippen LogP contribution in [0.3, 0.4) is 0 Å². The lowest BCUT2D eigenvalue weighted by molar-refractivity contribution is 0.0113. The summed E-state index contributed by atoms with van der Waals surface area (Å²) in [5, 5.41) is 13.2. The molecule has 0 amide bonds. The van der Waals surface area contributed by atoms with Crippen LogP contribution >= 0.6 is 11.6 Å². The fourth-order valence-corrected chi connectivity index (χ4v) is 2.57. The first-order valence-corrected chi connectivity index (χ1v) is 5.48. The Labute approximate surface area is 93.0 Å². The Morgan fingerprint density at radius 2 is 2.40 bits per heavy atom. The average molecular weight is 226 g/mol. The fourth-order valence-electron chi connectivity index (χ4n) is 2.40. The van der Waals surface area contributed by atoms with Gasteiger partial charge in [0.2, 0.25) is 0 Å². The molecule has 3 atom stereocenters. The number of hydrogen-bond donors (Lipinski definition) is 2. The summed E-state index contributed by atoms with van der Waals surface area (Å²) in [5.74, 6) is 0. The highest BCUT2D eigenvalue weighted by atomic mass is 35.5. The number of nitrogens with one attached hydrogen (secondary N) is 1. The maximum absolute atomic E-state index is 9.16. The molecule has 2 bridgehead atoms. The number of aliphatic hydroxyl groups is 1. The molecule has 1 saturated heterocycles. The zero-order chi connectivity index (χ0) is 10.4. The van der Waals surface area contributed by atoms with Crippen LogP contribution in [-0.2, 0) is 4.74 Å². The van der Waals surface area contributed by atoms with Gasteiger partial charge in [0.05, 0.1) is 18.8 Å². The molecule has 0 radical (unpaired) electrons. The van der Waals surface area contributed by atoms with E-state index in [1.54, 1.807) is 0 Å². The molecule has 15 heavy (non-hydrogen) atoms. The second-order valence-electron chi connectivity index (χ2n) is 4.06. The number of benzene rings is 1. The molecule has 2 N–H and O–H groups in total. The quantitative estimate of drug-likeness (QED) is 0.768. The van der Waals surface area contributed by atoms with Gasteiger partial charge < -0.3 is 15.2 Å². The van der Waals surface area contributed by atoms with Crippen molar-refractivity contribution in [1.29, 1.82) is 0 Å². The molecule has 4 heteroatoms. The van der Waals surface area contributed by atoms with E-state index >= 15 is 0 Å². The van der Waals surface area contributed by atoms with E-state index in [0.29, 0.717) is 0 Å². The van der Waals surface area contributed by atoms with Gasteiger partial charge in [-0.15, -0.1) is 0 Å². The standard InChI is InChI=1S/C11H12ClNO2/c12-6-1-2-7-8(3-6)13-9-4-10(7)15-11(9)5-14/h1-3,9-11,13-14H,4-5H2/t9-,10-,11+/m1/s1. The third kappa shape index (κ3) is 1.42. The number of hydrogen-bond acceptors (Lipinski definition) is 3. The van der Waals surface area contributed by atoms with Crippen molar-refractivity contribution in [3.8, 4) is 0 Å². The minimum absolute atomic E-state index is 0.0654. The van der Waals surface area contributed by atoms with Gasteiger partial charge in [-0.3, -0.25) is 0 Å². The fraction of sp³-hybridized carbons (Fsp3) is 0.455. The number of ether oxygens (including phenoxy) is 1. The lowest BCUT2D eigenvalue weighted by atomic mass is 9.96. The van der Waals surface area contributed by atoms with Crippen LogP contribution in [0.25, 0.3) is 0 Å². The SMILES string of the molecule is OC[C@@H]1O[C@@H]2C[C@H]1Nc1cc(Cl)ccc12. The summed E-state index contributed by atoms with van der Waals surface area (Å²) >= 11 is 5.93. The van der Waals surface area contributed by atoms with E-state index in [1.165, 1.54) is 0 Å². The highest BCUT2D eigenvalue weighted by Gasteiger charge is 2.40. The van der Waals surface area contributed by atoms with Crippen molar-refractivity contribution >= 4 is 17.3 Å². The molecule has 1 aromatic rings. The van der Waals surface area contributed by atoms with E-state index < -0.39 is 0 Å². The summed E-state index contributed by atoms with van der Waals surface area (Å²) in [7, 11) is 0. The second-order valence-corrected chi connectivity index (χ2v) is 4.50. The van der Waals surface area contributed by atoms with E-state index in [4.69, 9.17) is 21.4 Å². The van der Waals surface area contributed by atoms with Crippen LogP contribution in [0.5, 0.6) is 0 Å². The highest BCUT2D eigenvalue weighted by Crippen LogP contribution is 2.43. The summed E-state index contributed by atoms with van der Waals surface area (Å²) in [5.41, 5.74) is 2.19. The van der Waals surface area contributed by atoms with E-state index in [0.717, 1.165) is 22.7 Å². The predicted octanol–water partition coefficient (Wildman–Crippen LogP) is 1.96. The van der Waals surface area contributed by atoms with Crippen LogP contribution in [0.1, 0.15) is 18.1 Å². The number of aliphatic hydroxyl groups excluding tert-OH is 1. The van der Waals surface area contributed by atoms with Crippen molar-refractivity contribution in [3.05, 3.63) is 28.8 Å². The molecular formula is C11H12ClNO2. The molecule has 3 nitrogen and oxygen atoms in total. The summed E-state index contributed by atoms with van der Waals surface area (Å²) in [6, 6.07) is 5.99. The van der Waals surface area contributed by atoms with Crippen LogP contribution in [0.4, 0.5) is 5.69 Å². The Kier molecular flexibility index (Phi) is 2.12. The van der Waals surface area contributed by atoms with Crippen LogP contribution in [0, 0.1) is 0 Å². The average Bonchev–Trinajstić information content (AvgIpc) is 2.56. The van der Waals surface area contributed by atoms with E-state index in [9.17, 15) is 0 Å². The van der Waals surface area contributed by atoms with Gasteiger partial charge in [-0.25, -0.2) is 0 Å². The summed E-state index contributed by atoms with van der Waals surface area (Å²) in [6.45, 7) is 0.0654. The maximum atomic E-state index is 9.16. The minimum Gasteiger partial charge on any atom is -0.394 e. The molecule has 2 aliphatic rings. The van der Waals surface area contributed by atoms with Gasteiger partial charge in [-0.1, -0.05) is 17.7 Å². The minimum atomic E-state index is -0.0961. The van der Waals surface area contributed by atoms with Gasteiger partial charge in [-0.05, 0) is 12.1 Å². The zero-order valence-corrected chi connectivity index (χ0v) is 8.87. The molecule has 0 aromatic heterocycles.